The first-order chi connectivity index (χ1) is 9.72. The van der Waals surface area contributed by atoms with Gasteiger partial charge in [-0.25, -0.2) is 9.97 Å². The molecule has 8 heteroatoms. The minimum Gasteiger partial charge on any atom is -0.495 e. The highest BCUT2D eigenvalue weighted by Gasteiger charge is 2.35. The summed E-state index contributed by atoms with van der Waals surface area (Å²) in [6.07, 6.45) is -4.58. The number of nitrogens with two attached hydrogens (primary N) is 1. The quantitative estimate of drug-likeness (QED) is 0.917. The van der Waals surface area contributed by atoms with Crippen molar-refractivity contribution >= 4 is 17.5 Å². The highest BCUT2D eigenvalue weighted by atomic mass is 35.5. The Balaban J connectivity index is 2.76. The molecule has 112 valence electrons. The number of ether oxygens (including phenoxy) is 1. The van der Waals surface area contributed by atoms with Crippen LogP contribution in [0.4, 0.5) is 19.1 Å². The molecule has 2 aromatic rings. The number of alkyl halides is 3. The minimum absolute atomic E-state index is 0.0577. The summed E-state index contributed by atoms with van der Waals surface area (Å²) in [6.45, 7) is 1.61. The van der Waals surface area contributed by atoms with Gasteiger partial charge in [0, 0.05) is 11.3 Å². The lowest BCUT2D eigenvalue weighted by Gasteiger charge is -2.15. The number of anilines is 1. The van der Waals surface area contributed by atoms with Gasteiger partial charge in [0.2, 0.25) is 5.95 Å². The second kappa shape index (κ2) is 5.40. The molecule has 0 amide bonds. The van der Waals surface area contributed by atoms with Gasteiger partial charge in [-0.3, -0.25) is 0 Å². The normalized spacial score (nSPS) is 11.5. The van der Waals surface area contributed by atoms with Crippen molar-refractivity contribution < 1.29 is 17.9 Å². The summed E-state index contributed by atoms with van der Waals surface area (Å²) in [5.74, 6) is 0.0153. The van der Waals surface area contributed by atoms with Crippen LogP contribution in [0.5, 0.6) is 5.75 Å². The molecule has 2 N–H and O–H groups in total. The SMILES string of the molecule is COc1cc(-c2cc(C)nc(N)n2)c(C(F)(F)F)cc1Cl. The summed E-state index contributed by atoms with van der Waals surface area (Å²) in [5.41, 5.74) is 4.93. The van der Waals surface area contributed by atoms with Crippen LogP contribution in [-0.2, 0) is 6.18 Å². The van der Waals surface area contributed by atoms with E-state index in [4.69, 9.17) is 22.1 Å². The Kier molecular flexibility index (Phi) is 3.95. The summed E-state index contributed by atoms with van der Waals surface area (Å²) in [5, 5.41) is -0.132. The van der Waals surface area contributed by atoms with Crippen molar-refractivity contribution in [2.75, 3.05) is 12.8 Å². The van der Waals surface area contributed by atoms with E-state index in [0.717, 1.165) is 6.07 Å². The maximum Gasteiger partial charge on any atom is 0.417 e. The highest BCUT2D eigenvalue weighted by molar-refractivity contribution is 6.32. The lowest BCUT2D eigenvalue weighted by Crippen LogP contribution is -2.09. The molecule has 21 heavy (non-hydrogen) atoms. The number of hydrogen-bond donors (Lipinski definition) is 1. The smallest absolute Gasteiger partial charge is 0.417 e. The van der Waals surface area contributed by atoms with E-state index in [0.29, 0.717) is 5.69 Å². The summed E-state index contributed by atoms with van der Waals surface area (Å²) < 4.78 is 44.5. The van der Waals surface area contributed by atoms with Crippen LogP contribution in [0, 0.1) is 6.92 Å². The van der Waals surface area contributed by atoms with Crippen molar-refractivity contribution in [3.8, 4) is 17.0 Å². The first kappa shape index (κ1) is 15.4. The largest absolute Gasteiger partial charge is 0.495 e. The Morgan fingerprint density at radius 2 is 1.86 bits per heavy atom. The third-order valence-corrected chi connectivity index (χ3v) is 3.04. The van der Waals surface area contributed by atoms with Gasteiger partial charge in [0.1, 0.15) is 5.75 Å². The second-order valence-electron chi connectivity index (χ2n) is 4.28. The van der Waals surface area contributed by atoms with Gasteiger partial charge in [0.25, 0.3) is 0 Å². The average Bonchev–Trinajstić information content (AvgIpc) is 2.36. The number of hydrogen-bond acceptors (Lipinski definition) is 4. The monoisotopic (exact) mass is 317 g/mol. The van der Waals surface area contributed by atoms with Crippen LogP contribution in [0.3, 0.4) is 0 Å². The van der Waals surface area contributed by atoms with E-state index in [2.05, 4.69) is 9.97 Å². The Bertz CT molecular complexity index is 669. The standard InChI is InChI=1S/C13H11ClF3N3O/c1-6-3-10(20-12(18)19-6)7-4-11(21-2)9(14)5-8(7)13(15,16)17/h3-5H,1-2H3,(H2,18,19,20). The molecule has 1 heterocycles. The molecular formula is C13H11ClF3N3O. The maximum atomic E-state index is 13.2. The van der Waals surface area contributed by atoms with Gasteiger partial charge in [0.15, 0.2) is 0 Å². The van der Waals surface area contributed by atoms with E-state index in [1.807, 2.05) is 0 Å². The zero-order valence-electron chi connectivity index (χ0n) is 11.1. The van der Waals surface area contributed by atoms with Crippen molar-refractivity contribution in [2.24, 2.45) is 0 Å². The number of rotatable bonds is 2. The highest BCUT2D eigenvalue weighted by Crippen LogP contribution is 2.41. The molecule has 0 fully saturated rings. The molecule has 0 atom stereocenters. The molecule has 0 aliphatic heterocycles. The lowest BCUT2D eigenvalue weighted by atomic mass is 10.0. The summed E-state index contributed by atoms with van der Waals surface area (Å²) >= 11 is 5.78. The molecule has 0 bridgehead atoms. The number of aryl methyl sites for hydroxylation is 1. The lowest BCUT2D eigenvalue weighted by molar-refractivity contribution is -0.137. The fourth-order valence-electron chi connectivity index (χ4n) is 1.89. The summed E-state index contributed by atoms with van der Waals surface area (Å²) in [6, 6.07) is 3.41. The second-order valence-corrected chi connectivity index (χ2v) is 4.69. The van der Waals surface area contributed by atoms with Gasteiger partial charge in [-0.2, -0.15) is 13.2 Å². The first-order valence-electron chi connectivity index (χ1n) is 5.78. The predicted molar refractivity (Wildman–Crippen MR) is 73.2 cm³/mol. The van der Waals surface area contributed by atoms with Crippen molar-refractivity contribution in [1.82, 2.24) is 9.97 Å². The van der Waals surface area contributed by atoms with Crippen LogP contribution < -0.4 is 10.5 Å². The number of halogens is 4. The van der Waals surface area contributed by atoms with Crippen LogP contribution in [-0.4, -0.2) is 17.1 Å². The van der Waals surface area contributed by atoms with E-state index in [1.54, 1.807) is 6.92 Å². The maximum absolute atomic E-state index is 13.2. The van der Waals surface area contributed by atoms with Crippen LogP contribution in [0.1, 0.15) is 11.3 Å². The van der Waals surface area contributed by atoms with Gasteiger partial charge in [-0.05, 0) is 25.1 Å². The van der Waals surface area contributed by atoms with Gasteiger partial charge < -0.3 is 10.5 Å². The number of methoxy groups -OCH3 is 1. The topological polar surface area (TPSA) is 61.0 Å². The molecule has 4 nitrogen and oxygen atoms in total. The summed E-state index contributed by atoms with van der Waals surface area (Å²) in [7, 11) is 1.32. The first-order valence-corrected chi connectivity index (χ1v) is 6.16. The van der Waals surface area contributed by atoms with Crippen molar-refractivity contribution in [1.29, 1.82) is 0 Å². The van der Waals surface area contributed by atoms with Gasteiger partial charge in [-0.1, -0.05) is 11.6 Å². The van der Waals surface area contributed by atoms with E-state index >= 15 is 0 Å². The molecule has 0 radical (unpaired) electrons. The van der Waals surface area contributed by atoms with E-state index in [9.17, 15) is 13.2 Å². The average molecular weight is 318 g/mol. The third-order valence-electron chi connectivity index (χ3n) is 2.74. The Hall–Kier alpha value is -2.02. The van der Waals surface area contributed by atoms with Crippen molar-refractivity contribution in [2.45, 2.75) is 13.1 Å². The zero-order chi connectivity index (χ0) is 15.8. The Labute approximate surface area is 123 Å². The molecule has 0 spiro atoms. The van der Waals surface area contributed by atoms with E-state index in [-0.39, 0.29) is 28.0 Å². The number of benzene rings is 1. The Morgan fingerprint density at radius 3 is 2.38 bits per heavy atom. The Morgan fingerprint density at radius 1 is 1.19 bits per heavy atom. The fraction of sp³-hybridized carbons (Fsp3) is 0.231. The summed E-state index contributed by atoms with van der Waals surface area (Å²) in [4.78, 5) is 7.69. The number of aromatic nitrogens is 2. The van der Waals surface area contributed by atoms with E-state index in [1.165, 1.54) is 19.2 Å². The molecule has 0 aliphatic rings. The van der Waals surface area contributed by atoms with Crippen LogP contribution in [0.2, 0.25) is 5.02 Å². The molecular weight excluding hydrogens is 307 g/mol. The van der Waals surface area contributed by atoms with Gasteiger partial charge >= 0.3 is 6.18 Å². The zero-order valence-corrected chi connectivity index (χ0v) is 11.9. The van der Waals surface area contributed by atoms with Gasteiger partial charge in [-0.15, -0.1) is 0 Å². The molecule has 0 saturated heterocycles. The molecule has 0 unspecified atom stereocenters. The minimum atomic E-state index is -4.58. The van der Waals surface area contributed by atoms with Crippen LogP contribution >= 0.6 is 11.6 Å². The van der Waals surface area contributed by atoms with Crippen molar-refractivity contribution in [3.63, 3.8) is 0 Å². The number of nitrogen functional groups attached to an aromatic ring is 1. The number of nitrogens with zero attached hydrogens (tertiary/aromatic N) is 2. The predicted octanol–water partition coefficient (Wildman–Crippen LogP) is 3.72. The third kappa shape index (κ3) is 3.18. The molecule has 0 aliphatic carbocycles. The van der Waals surface area contributed by atoms with E-state index < -0.39 is 11.7 Å². The molecule has 0 saturated carbocycles. The van der Waals surface area contributed by atoms with Crippen LogP contribution in [0.25, 0.3) is 11.3 Å². The molecule has 2 rings (SSSR count). The fourth-order valence-corrected chi connectivity index (χ4v) is 2.13. The van der Waals surface area contributed by atoms with Gasteiger partial charge in [0.05, 0.1) is 23.4 Å². The molecule has 1 aromatic heterocycles. The van der Waals surface area contributed by atoms with Crippen molar-refractivity contribution in [3.05, 3.63) is 34.5 Å². The molecule has 1 aromatic carbocycles. The van der Waals surface area contributed by atoms with Crippen LogP contribution in [0.15, 0.2) is 18.2 Å².